The second kappa shape index (κ2) is 6.82. The van der Waals surface area contributed by atoms with Gasteiger partial charge in [-0.3, -0.25) is 4.79 Å². The molecule has 1 atom stereocenters. The SMILES string of the molecule is Cn1cnc(C(=O)NC2CCCN(c3ncnc4c3CCCC4)C2)c1. The molecule has 7 heteroatoms. The fourth-order valence-corrected chi connectivity index (χ4v) is 3.85. The average molecular weight is 340 g/mol. The van der Waals surface area contributed by atoms with Crippen molar-refractivity contribution in [3.8, 4) is 0 Å². The van der Waals surface area contributed by atoms with Crippen LogP contribution in [0.1, 0.15) is 47.4 Å². The molecule has 25 heavy (non-hydrogen) atoms. The van der Waals surface area contributed by atoms with Crippen molar-refractivity contribution in [3.63, 3.8) is 0 Å². The van der Waals surface area contributed by atoms with Gasteiger partial charge < -0.3 is 14.8 Å². The maximum atomic E-state index is 12.4. The number of piperidine rings is 1. The molecule has 0 aromatic carbocycles. The number of imidazole rings is 1. The summed E-state index contributed by atoms with van der Waals surface area (Å²) >= 11 is 0. The Bertz CT molecular complexity index is 771. The van der Waals surface area contributed by atoms with Gasteiger partial charge in [0, 0.05) is 43.6 Å². The van der Waals surface area contributed by atoms with Crippen molar-refractivity contribution in [2.75, 3.05) is 18.0 Å². The van der Waals surface area contributed by atoms with Crippen molar-refractivity contribution < 1.29 is 4.79 Å². The molecule has 4 rings (SSSR count). The molecule has 1 unspecified atom stereocenters. The first-order valence-corrected chi connectivity index (χ1v) is 9.07. The highest BCUT2D eigenvalue weighted by molar-refractivity contribution is 5.92. The van der Waals surface area contributed by atoms with Crippen molar-refractivity contribution in [1.29, 1.82) is 0 Å². The second-order valence-electron chi connectivity index (χ2n) is 7.01. The Morgan fingerprint density at radius 2 is 2.08 bits per heavy atom. The fourth-order valence-electron chi connectivity index (χ4n) is 3.85. The monoisotopic (exact) mass is 340 g/mol. The molecule has 2 aromatic heterocycles. The summed E-state index contributed by atoms with van der Waals surface area (Å²) in [6.07, 6.45) is 11.7. The van der Waals surface area contributed by atoms with Crippen LogP contribution in [0.3, 0.4) is 0 Å². The molecule has 2 aliphatic rings. The van der Waals surface area contributed by atoms with E-state index in [0.29, 0.717) is 5.69 Å². The number of hydrogen-bond acceptors (Lipinski definition) is 5. The van der Waals surface area contributed by atoms with Gasteiger partial charge in [0.1, 0.15) is 17.8 Å². The second-order valence-corrected chi connectivity index (χ2v) is 7.01. The molecule has 132 valence electrons. The van der Waals surface area contributed by atoms with Gasteiger partial charge in [0.2, 0.25) is 0 Å². The number of carbonyl (C=O) groups excluding carboxylic acids is 1. The number of carbonyl (C=O) groups is 1. The van der Waals surface area contributed by atoms with E-state index in [9.17, 15) is 4.79 Å². The minimum Gasteiger partial charge on any atom is -0.354 e. The van der Waals surface area contributed by atoms with Gasteiger partial charge in [0.25, 0.3) is 5.91 Å². The number of hydrogen-bond donors (Lipinski definition) is 1. The smallest absolute Gasteiger partial charge is 0.271 e. The number of aryl methyl sites for hydroxylation is 2. The van der Waals surface area contributed by atoms with E-state index in [2.05, 4.69) is 25.2 Å². The lowest BCUT2D eigenvalue weighted by molar-refractivity contribution is 0.0928. The van der Waals surface area contributed by atoms with Gasteiger partial charge in [-0.05, 0) is 38.5 Å². The number of rotatable bonds is 3. The van der Waals surface area contributed by atoms with Crippen LogP contribution in [0.15, 0.2) is 18.9 Å². The van der Waals surface area contributed by atoms with Crippen LogP contribution in [0.4, 0.5) is 5.82 Å². The molecule has 1 fully saturated rings. The van der Waals surface area contributed by atoms with Gasteiger partial charge >= 0.3 is 0 Å². The zero-order valence-corrected chi connectivity index (χ0v) is 14.6. The number of nitrogens with one attached hydrogen (secondary N) is 1. The molecule has 0 radical (unpaired) electrons. The molecule has 7 nitrogen and oxygen atoms in total. The summed E-state index contributed by atoms with van der Waals surface area (Å²) in [4.78, 5) is 27.9. The van der Waals surface area contributed by atoms with Gasteiger partial charge in [0.05, 0.1) is 6.33 Å². The zero-order chi connectivity index (χ0) is 17.2. The Labute approximate surface area is 147 Å². The lowest BCUT2D eigenvalue weighted by Gasteiger charge is -2.35. The molecule has 1 amide bonds. The van der Waals surface area contributed by atoms with Crippen LogP contribution in [0.2, 0.25) is 0 Å². The summed E-state index contributed by atoms with van der Waals surface area (Å²) in [6.45, 7) is 1.78. The van der Waals surface area contributed by atoms with Gasteiger partial charge in [-0.15, -0.1) is 0 Å². The number of aromatic nitrogens is 4. The molecule has 0 bridgehead atoms. The highest BCUT2D eigenvalue weighted by Crippen LogP contribution is 2.28. The molecule has 0 spiro atoms. The van der Waals surface area contributed by atoms with Crippen LogP contribution in [0.5, 0.6) is 0 Å². The number of amides is 1. The summed E-state index contributed by atoms with van der Waals surface area (Å²) in [5, 5.41) is 3.13. The molecule has 1 aliphatic heterocycles. The third-order valence-corrected chi connectivity index (χ3v) is 5.10. The van der Waals surface area contributed by atoms with E-state index in [-0.39, 0.29) is 11.9 Å². The zero-order valence-electron chi connectivity index (χ0n) is 14.6. The molecule has 1 aliphatic carbocycles. The van der Waals surface area contributed by atoms with Gasteiger partial charge in [-0.25, -0.2) is 15.0 Å². The lowest BCUT2D eigenvalue weighted by Crippen LogP contribution is -2.48. The standard InChI is InChI=1S/C18H24N6O/c1-23-10-16(21-12-23)18(25)22-13-5-4-8-24(9-13)17-14-6-2-3-7-15(14)19-11-20-17/h10-13H,2-9H2,1H3,(H,22,25). The van der Waals surface area contributed by atoms with Crippen molar-refractivity contribution in [2.45, 2.75) is 44.6 Å². The van der Waals surface area contributed by atoms with Gasteiger partial charge in [-0.2, -0.15) is 0 Å². The summed E-state index contributed by atoms with van der Waals surface area (Å²) in [5.74, 6) is 0.971. The van der Waals surface area contributed by atoms with Crippen molar-refractivity contribution in [3.05, 3.63) is 35.8 Å². The van der Waals surface area contributed by atoms with E-state index >= 15 is 0 Å². The minimum absolute atomic E-state index is 0.0998. The lowest BCUT2D eigenvalue weighted by atomic mass is 9.95. The van der Waals surface area contributed by atoms with Gasteiger partial charge in [-0.1, -0.05) is 0 Å². The summed E-state index contributed by atoms with van der Waals surface area (Å²) in [6, 6.07) is 0.123. The molecule has 0 saturated carbocycles. The third kappa shape index (κ3) is 3.36. The Morgan fingerprint density at radius 1 is 1.20 bits per heavy atom. The highest BCUT2D eigenvalue weighted by atomic mass is 16.2. The van der Waals surface area contributed by atoms with Crippen molar-refractivity contribution in [1.82, 2.24) is 24.8 Å². The van der Waals surface area contributed by atoms with Crippen LogP contribution in [0, 0.1) is 0 Å². The van der Waals surface area contributed by atoms with E-state index in [0.717, 1.165) is 44.6 Å². The van der Waals surface area contributed by atoms with E-state index in [4.69, 9.17) is 0 Å². The van der Waals surface area contributed by atoms with E-state index < -0.39 is 0 Å². The largest absolute Gasteiger partial charge is 0.354 e. The molecule has 1 saturated heterocycles. The van der Waals surface area contributed by atoms with Gasteiger partial charge in [0.15, 0.2) is 0 Å². The quantitative estimate of drug-likeness (QED) is 0.916. The summed E-state index contributed by atoms with van der Waals surface area (Å²) in [5.41, 5.74) is 2.99. The van der Waals surface area contributed by atoms with Crippen molar-refractivity contribution >= 4 is 11.7 Å². The van der Waals surface area contributed by atoms with Crippen molar-refractivity contribution in [2.24, 2.45) is 7.05 Å². The normalized spacial score (nSPS) is 20.2. The molecular weight excluding hydrogens is 316 g/mol. The predicted octanol–water partition coefficient (Wildman–Crippen LogP) is 1.49. The number of anilines is 1. The van der Waals surface area contributed by atoms with Crippen LogP contribution in [-0.2, 0) is 19.9 Å². The molecule has 1 N–H and O–H groups in total. The third-order valence-electron chi connectivity index (χ3n) is 5.10. The van der Waals surface area contributed by atoms with Crippen LogP contribution in [-0.4, -0.2) is 44.6 Å². The van der Waals surface area contributed by atoms with Crippen LogP contribution in [0.25, 0.3) is 0 Å². The van der Waals surface area contributed by atoms with Crippen LogP contribution < -0.4 is 10.2 Å². The minimum atomic E-state index is -0.0998. The first kappa shape index (κ1) is 16.1. The summed E-state index contributed by atoms with van der Waals surface area (Å²) < 4.78 is 1.79. The highest BCUT2D eigenvalue weighted by Gasteiger charge is 2.26. The number of fused-ring (bicyclic) bond motifs is 1. The fraction of sp³-hybridized carbons (Fsp3) is 0.556. The average Bonchev–Trinajstić information content (AvgIpc) is 3.08. The molecule has 2 aromatic rings. The number of nitrogens with zero attached hydrogens (tertiary/aromatic N) is 5. The maximum Gasteiger partial charge on any atom is 0.271 e. The van der Waals surface area contributed by atoms with Crippen LogP contribution >= 0.6 is 0 Å². The first-order chi connectivity index (χ1) is 12.2. The molecule has 3 heterocycles. The maximum absolute atomic E-state index is 12.4. The summed E-state index contributed by atoms with van der Waals surface area (Å²) in [7, 11) is 1.87. The van der Waals surface area contributed by atoms with E-state index in [1.54, 1.807) is 23.4 Å². The first-order valence-electron chi connectivity index (χ1n) is 9.07. The van der Waals surface area contributed by atoms with E-state index in [1.807, 2.05) is 7.05 Å². The Morgan fingerprint density at radius 3 is 2.92 bits per heavy atom. The topological polar surface area (TPSA) is 75.9 Å². The Balaban J connectivity index is 1.47. The molecular formula is C18H24N6O. The Hall–Kier alpha value is -2.44. The Kier molecular flexibility index (Phi) is 4.38. The predicted molar refractivity (Wildman–Crippen MR) is 94.6 cm³/mol. The van der Waals surface area contributed by atoms with E-state index in [1.165, 1.54) is 24.1 Å².